The molecular weight excluding hydrogens is 287 g/mol. The van der Waals surface area contributed by atoms with Crippen molar-refractivity contribution in [2.24, 2.45) is 0 Å². The second-order valence-electron chi connectivity index (χ2n) is 4.63. The molecule has 0 bridgehead atoms. The van der Waals surface area contributed by atoms with Gasteiger partial charge in [0.1, 0.15) is 0 Å². The lowest BCUT2D eigenvalue weighted by Gasteiger charge is -2.05. The number of rotatable bonds is 3. The highest BCUT2D eigenvalue weighted by Crippen LogP contribution is 2.33. The molecule has 0 N–H and O–H groups in total. The van der Waals surface area contributed by atoms with E-state index in [1.54, 1.807) is 12.1 Å². The van der Waals surface area contributed by atoms with Gasteiger partial charge >= 0.3 is 6.18 Å². The van der Waals surface area contributed by atoms with Crippen LogP contribution in [0.3, 0.4) is 0 Å². The van der Waals surface area contributed by atoms with Gasteiger partial charge in [0.15, 0.2) is 5.01 Å². The first kappa shape index (κ1) is 14.7. The fraction of sp³-hybridized carbons (Fsp3) is 0.286. The molecule has 20 heavy (non-hydrogen) atoms. The molecule has 2 rings (SSSR count). The minimum absolute atomic E-state index is 0.00498. The van der Waals surface area contributed by atoms with E-state index in [0.29, 0.717) is 22.8 Å². The average Bonchev–Trinajstić information content (AvgIpc) is 2.87. The maximum Gasteiger partial charge on any atom is 0.443 e. The maximum atomic E-state index is 12.4. The van der Waals surface area contributed by atoms with Crippen molar-refractivity contribution in [3.63, 3.8) is 0 Å². The monoisotopic (exact) mass is 299 g/mol. The van der Waals surface area contributed by atoms with E-state index >= 15 is 0 Å². The third-order valence-electron chi connectivity index (χ3n) is 2.81. The molecule has 0 amide bonds. The summed E-state index contributed by atoms with van der Waals surface area (Å²) in [5, 5.41) is -1.00. The molecule has 0 unspecified atom stereocenters. The summed E-state index contributed by atoms with van der Waals surface area (Å²) in [4.78, 5) is 15.3. The lowest BCUT2D eigenvalue weighted by molar-refractivity contribution is -0.137. The molecule has 2 aromatic rings. The van der Waals surface area contributed by atoms with Crippen LogP contribution in [-0.2, 0) is 6.18 Å². The standard InChI is InChI=1S/C14H12F3NOS/c1-8(2)9-3-5-10(6-4-9)12(19)11-7-18-13(20-11)14(15,16)17/h3-8H,1-2H3. The van der Waals surface area contributed by atoms with Crippen LogP contribution in [0.15, 0.2) is 30.5 Å². The van der Waals surface area contributed by atoms with Crippen molar-refractivity contribution >= 4 is 17.1 Å². The first-order valence-corrected chi connectivity index (χ1v) is 6.78. The molecule has 0 radical (unpaired) electrons. The average molecular weight is 299 g/mol. The summed E-state index contributed by atoms with van der Waals surface area (Å²) in [6.45, 7) is 4.05. The predicted octanol–water partition coefficient (Wildman–Crippen LogP) is 4.52. The van der Waals surface area contributed by atoms with Crippen molar-refractivity contribution < 1.29 is 18.0 Å². The predicted molar refractivity (Wildman–Crippen MR) is 71.1 cm³/mol. The van der Waals surface area contributed by atoms with Crippen LogP contribution < -0.4 is 0 Å². The zero-order chi connectivity index (χ0) is 14.9. The summed E-state index contributed by atoms with van der Waals surface area (Å²) in [5.74, 6) is -0.104. The summed E-state index contributed by atoms with van der Waals surface area (Å²) in [6.07, 6.45) is -3.53. The molecule has 2 nitrogen and oxygen atoms in total. The van der Waals surface area contributed by atoms with Crippen LogP contribution in [0.5, 0.6) is 0 Å². The van der Waals surface area contributed by atoms with E-state index in [1.165, 1.54) is 0 Å². The topological polar surface area (TPSA) is 30.0 Å². The quantitative estimate of drug-likeness (QED) is 0.780. The normalized spacial score (nSPS) is 11.9. The Morgan fingerprint density at radius 2 is 1.80 bits per heavy atom. The summed E-state index contributed by atoms with van der Waals surface area (Å²) in [6, 6.07) is 6.88. The van der Waals surface area contributed by atoms with Gasteiger partial charge in [0.05, 0.1) is 4.88 Å². The molecule has 6 heteroatoms. The highest BCUT2D eigenvalue weighted by atomic mass is 32.1. The lowest BCUT2D eigenvalue weighted by Crippen LogP contribution is -2.03. The van der Waals surface area contributed by atoms with E-state index in [0.717, 1.165) is 11.8 Å². The summed E-state index contributed by atoms with van der Waals surface area (Å²) >= 11 is 0.368. The fourth-order valence-electron chi connectivity index (χ4n) is 1.67. The zero-order valence-corrected chi connectivity index (χ0v) is 11.7. The zero-order valence-electron chi connectivity index (χ0n) is 10.9. The van der Waals surface area contributed by atoms with E-state index < -0.39 is 17.0 Å². The van der Waals surface area contributed by atoms with Crippen molar-refractivity contribution in [3.05, 3.63) is 51.5 Å². The number of aromatic nitrogens is 1. The second kappa shape index (κ2) is 5.36. The molecule has 0 aliphatic heterocycles. The number of hydrogen-bond acceptors (Lipinski definition) is 3. The summed E-state index contributed by atoms with van der Waals surface area (Å²) < 4.78 is 37.3. The van der Waals surface area contributed by atoms with Gasteiger partial charge < -0.3 is 0 Å². The Balaban J connectivity index is 2.25. The number of carbonyl (C=O) groups is 1. The number of carbonyl (C=O) groups excluding carboxylic acids is 1. The molecule has 0 aliphatic carbocycles. The van der Waals surface area contributed by atoms with Gasteiger partial charge in [-0.15, -0.1) is 11.3 Å². The number of thiazole rings is 1. The smallest absolute Gasteiger partial charge is 0.288 e. The summed E-state index contributed by atoms with van der Waals surface area (Å²) in [5.41, 5.74) is 1.44. The third kappa shape index (κ3) is 3.07. The van der Waals surface area contributed by atoms with Gasteiger partial charge in [-0.05, 0) is 11.5 Å². The number of halogens is 3. The molecule has 0 aliphatic rings. The van der Waals surface area contributed by atoms with Crippen molar-refractivity contribution in [1.29, 1.82) is 0 Å². The Morgan fingerprint density at radius 1 is 1.20 bits per heavy atom. The van der Waals surface area contributed by atoms with E-state index in [9.17, 15) is 18.0 Å². The fourth-order valence-corrected chi connectivity index (χ4v) is 2.42. The minimum Gasteiger partial charge on any atom is -0.288 e. The Hall–Kier alpha value is -1.69. The van der Waals surface area contributed by atoms with E-state index in [4.69, 9.17) is 0 Å². The number of hydrogen-bond donors (Lipinski definition) is 0. The Labute approximate surface area is 118 Å². The highest BCUT2D eigenvalue weighted by Gasteiger charge is 2.35. The van der Waals surface area contributed by atoms with E-state index in [1.807, 2.05) is 26.0 Å². The van der Waals surface area contributed by atoms with E-state index in [-0.39, 0.29) is 4.88 Å². The molecule has 1 aromatic carbocycles. The van der Waals surface area contributed by atoms with Crippen LogP contribution in [0, 0.1) is 0 Å². The van der Waals surface area contributed by atoms with Crippen molar-refractivity contribution in [3.8, 4) is 0 Å². The van der Waals surface area contributed by atoms with Gasteiger partial charge in [-0.1, -0.05) is 38.1 Å². The van der Waals surface area contributed by atoms with Crippen molar-refractivity contribution in [1.82, 2.24) is 4.98 Å². The van der Waals surface area contributed by atoms with Crippen LogP contribution in [0.1, 0.15) is 45.6 Å². The molecule has 0 saturated heterocycles. The number of nitrogens with zero attached hydrogens (tertiary/aromatic N) is 1. The molecule has 1 aromatic heterocycles. The Morgan fingerprint density at radius 3 is 2.25 bits per heavy atom. The van der Waals surface area contributed by atoms with Gasteiger partial charge in [-0.3, -0.25) is 4.79 Å². The molecule has 0 atom stereocenters. The maximum absolute atomic E-state index is 12.4. The number of ketones is 1. The lowest BCUT2D eigenvalue weighted by atomic mass is 10.0. The second-order valence-corrected chi connectivity index (χ2v) is 5.66. The van der Waals surface area contributed by atoms with Gasteiger partial charge in [0.25, 0.3) is 0 Å². The number of alkyl halides is 3. The summed E-state index contributed by atoms with van der Waals surface area (Å²) in [7, 11) is 0. The van der Waals surface area contributed by atoms with Gasteiger partial charge in [0.2, 0.25) is 5.78 Å². The molecule has 1 heterocycles. The number of benzene rings is 1. The molecule has 0 saturated carbocycles. The van der Waals surface area contributed by atoms with Crippen LogP contribution in [0.4, 0.5) is 13.2 Å². The Bertz CT molecular complexity index is 614. The van der Waals surface area contributed by atoms with Crippen molar-refractivity contribution in [2.75, 3.05) is 0 Å². The third-order valence-corrected chi connectivity index (χ3v) is 3.85. The first-order chi connectivity index (χ1) is 9.29. The molecule has 0 fully saturated rings. The largest absolute Gasteiger partial charge is 0.443 e. The first-order valence-electron chi connectivity index (χ1n) is 5.96. The van der Waals surface area contributed by atoms with Gasteiger partial charge in [-0.25, -0.2) is 4.98 Å². The minimum atomic E-state index is -4.51. The molecule has 106 valence electrons. The van der Waals surface area contributed by atoms with Crippen LogP contribution >= 0.6 is 11.3 Å². The van der Waals surface area contributed by atoms with Crippen LogP contribution in [-0.4, -0.2) is 10.8 Å². The van der Waals surface area contributed by atoms with Gasteiger partial charge in [0, 0.05) is 11.8 Å². The van der Waals surface area contributed by atoms with E-state index in [2.05, 4.69) is 4.98 Å². The Kier molecular flexibility index (Phi) is 3.94. The highest BCUT2D eigenvalue weighted by molar-refractivity contribution is 7.13. The van der Waals surface area contributed by atoms with Crippen molar-refractivity contribution in [2.45, 2.75) is 25.9 Å². The SMILES string of the molecule is CC(C)c1ccc(C(=O)c2cnc(C(F)(F)F)s2)cc1. The van der Waals surface area contributed by atoms with Crippen LogP contribution in [0.2, 0.25) is 0 Å². The van der Waals surface area contributed by atoms with Crippen LogP contribution in [0.25, 0.3) is 0 Å². The van der Waals surface area contributed by atoms with Gasteiger partial charge in [-0.2, -0.15) is 13.2 Å². The molecular formula is C14H12F3NOS. The molecule has 0 spiro atoms.